The number of carbonyl (C=O) groups is 2. The number of imide groups is 1. The molecule has 0 bridgehead atoms. The number of hydrogen-bond acceptors (Lipinski definition) is 4. The molecule has 2 aliphatic heterocycles. The SMILES string of the molecule is O=C1[C@@H]2CCCCN2C(=O)N1C[C@H](O)COC(c1ccccc1)c1ccccc1. The van der Waals surface area contributed by atoms with Gasteiger partial charge in [0, 0.05) is 6.54 Å². The van der Waals surface area contributed by atoms with Crippen LogP contribution in [0.5, 0.6) is 0 Å². The lowest BCUT2D eigenvalue weighted by molar-refractivity contribution is -0.130. The maximum atomic E-state index is 12.6. The van der Waals surface area contributed by atoms with Crippen LogP contribution in [-0.4, -0.2) is 58.7 Å². The molecule has 0 aliphatic carbocycles. The van der Waals surface area contributed by atoms with Crippen molar-refractivity contribution in [1.29, 1.82) is 0 Å². The van der Waals surface area contributed by atoms with Crippen molar-refractivity contribution in [2.75, 3.05) is 19.7 Å². The summed E-state index contributed by atoms with van der Waals surface area (Å²) >= 11 is 0. The summed E-state index contributed by atoms with van der Waals surface area (Å²) in [7, 11) is 0. The Balaban J connectivity index is 1.41. The molecule has 6 heteroatoms. The molecule has 2 heterocycles. The molecular formula is C23H26N2O4. The smallest absolute Gasteiger partial charge is 0.327 e. The van der Waals surface area contributed by atoms with Gasteiger partial charge in [-0.3, -0.25) is 9.69 Å². The van der Waals surface area contributed by atoms with E-state index in [0.29, 0.717) is 13.0 Å². The van der Waals surface area contributed by atoms with Gasteiger partial charge in [0.25, 0.3) is 5.91 Å². The zero-order valence-electron chi connectivity index (χ0n) is 16.3. The van der Waals surface area contributed by atoms with Crippen LogP contribution in [0.3, 0.4) is 0 Å². The Labute approximate surface area is 170 Å². The normalized spacial score (nSPS) is 20.3. The Hall–Kier alpha value is -2.70. The van der Waals surface area contributed by atoms with Crippen molar-refractivity contribution < 1.29 is 19.4 Å². The first-order valence-corrected chi connectivity index (χ1v) is 10.2. The number of amides is 3. The van der Waals surface area contributed by atoms with Crippen molar-refractivity contribution in [3.05, 3.63) is 71.8 Å². The maximum Gasteiger partial charge on any atom is 0.327 e. The second-order valence-corrected chi connectivity index (χ2v) is 7.62. The molecule has 6 nitrogen and oxygen atoms in total. The van der Waals surface area contributed by atoms with Gasteiger partial charge in [-0.1, -0.05) is 60.7 Å². The molecule has 2 aromatic rings. The number of carbonyl (C=O) groups excluding carboxylic acids is 2. The van der Waals surface area contributed by atoms with Crippen molar-refractivity contribution in [2.24, 2.45) is 0 Å². The van der Waals surface area contributed by atoms with Gasteiger partial charge in [-0.15, -0.1) is 0 Å². The second kappa shape index (κ2) is 8.76. The lowest BCUT2D eigenvalue weighted by Gasteiger charge is -2.26. The van der Waals surface area contributed by atoms with E-state index < -0.39 is 6.10 Å². The number of ether oxygens (including phenoxy) is 1. The van der Waals surface area contributed by atoms with E-state index in [-0.39, 0.29) is 37.2 Å². The van der Waals surface area contributed by atoms with Crippen LogP contribution in [0.25, 0.3) is 0 Å². The number of hydrogen-bond donors (Lipinski definition) is 1. The monoisotopic (exact) mass is 394 g/mol. The van der Waals surface area contributed by atoms with Crippen LogP contribution in [0.1, 0.15) is 36.5 Å². The van der Waals surface area contributed by atoms with Gasteiger partial charge in [-0.05, 0) is 30.4 Å². The number of nitrogens with zero attached hydrogens (tertiary/aromatic N) is 2. The van der Waals surface area contributed by atoms with Gasteiger partial charge in [-0.25, -0.2) is 4.79 Å². The molecule has 0 saturated carbocycles. The minimum absolute atomic E-state index is 0.0240. The molecule has 152 valence electrons. The maximum absolute atomic E-state index is 12.6. The Kier molecular flexibility index (Phi) is 5.92. The first kappa shape index (κ1) is 19.6. The van der Waals surface area contributed by atoms with Gasteiger partial charge in [0.15, 0.2) is 0 Å². The van der Waals surface area contributed by atoms with E-state index in [1.54, 1.807) is 4.90 Å². The van der Waals surface area contributed by atoms with Crippen LogP contribution in [-0.2, 0) is 9.53 Å². The van der Waals surface area contributed by atoms with Crippen LogP contribution in [0, 0.1) is 0 Å². The molecule has 0 spiro atoms. The van der Waals surface area contributed by atoms with Gasteiger partial charge in [-0.2, -0.15) is 0 Å². The molecule has 2 aromatic carbocycles. The van der Waals surface area contributed by atoms with Crippen LogP contribution in [0.2, 0.25) is 0 Å². The van der Waals surface area contributed by atoms with E-state index >= 15 is 0 Å². The Morgan fingerprint density at radius 2 is 1.59 bits per heavy atom. The Morgan fingerprint density at radius 1 is 0.966 bits per heavy atom. The van der Waals surface area contributed by atoms with Crippen molar-refractivity contribution >= 4 is 11.9 Å². The first-order valence-electron chi connectivity index (χ1n) is 10.2. The van der Waals surface area contributed by atoms with Gasteiger partial charge in [0.05, 0.1) is 19.3 Å². The van der Waals surface area contributed by atoms with Crippen LogP contribution >= 0.6 is 0 Å². The minimum Gasteiger partial charge on any atom is -0.389 e. The molecular weight excluding hydrogens is 368 g/mol. The topological polar surface area (TPSA) is 70.1 Å². The molecule has 3 amide bonds. The van der Waals surface area contributed by atoms with E-state index in [9.17, 15) is 14.7 Å². The minimum atomic E-state index is -0.945. The van der Waals surface area contributed by atoms with E-state index in [0.717, 1.165) is 24.0 Å². The molecule has 29 heavy (non-hydrogen) atoms. The molecule has 1 N–H and O–H groups in total. The lowest BCUT2D eigenvalue weighted by atomic mass is 10.0. The fourth-order valence-electron chi connectivity index (χ4n) is 4.13. The van der Waals surface area contributed by atoms with E-state index in [4.69, 9.17) is 4.74 Å². The number of β-amino-alcohol motifs (C(OH)–C–C–N with tert-alkyl or cyclic N) is 1. The molecule has 4 rings (SSSR count). The molecule has 2 atom stereocenters. The molecule has 0 aromatic heterocycles. The molecule has 2 saturated heterocycles. The Morgan fingerprint density at radius 3 is 2.17 bits per heavy atom. The summed E-state index contributed by atoms with van der Waals surface area (Å²) in [5.74, 6) is -0.198. The molecule has 0 radical (unpaired) electrons. The highest BCUT2D eigenvalue weighted by atomic mass is 16.5. The van der Waals surface area contributed by atoms with Gasteiger partial charge in [0.2, 0.25) is 0 Å². The average molecular weight is 394 g/mol. The van der Waals surface area contributed by atoms with Gasteiger partial charge in [0.1, 0.15) is 12.1 Å². The predicted molar refractivity (Wildman–Crippen MR) is 108 cm³/mol. The number of aliphatic hydroxyl groups excluding tert-OH is 1. The highest BCUT2D eigenvalue weighted by Gasteiger charge is 2.46. The van der Waals surface area contributed by atoms with Gasteiger partial charge >= 0.3 is 6.03 Å². The number of urea groups is 1. The summed E-state index contributed by atoms with van der Waals surface area (Å²) in [5, 5.41) is 10.5. The van der Waals surface area contributed by atoms with E-state index in [1.165, 1.54) is 4.90 Å². The summed E-state index contributed by atoms with van der Waals surface area (Å²) < 4.78 is 6.06. The molecule has 2 aliphatic rings. The summed E-state index contributed by atoms with van der Waals surface area (Å²) in [6.45, 7) is 0.597. The van der Waals surface area contributed by atoms with Crippen molar-refractivity contribution in [1.82, 2.24) is 9.80 Å². The predicted octanol–water partition coefficient (Wildman–Crippen LogP) is 2.97. The number of aliphatic hydroxyl groups is 1. The third kappa shape index (κ3) is 4.18. The lowest BCUT2D eigenvalue weighted by Crippen LogP contribution is -2.40. The summed E-state index contributed by atoms with van der Waals surface area (Å²) in [4.78, 5) is 27.9. The van der Waals surface area contributed by atoms with Crippen LogP contribution < -0.4 is 0 Å². The number of piperidine rings is 1. The number of benzene rings is 2. The third-order valence-corrected chi connectivity index (χ3v) is 5.58. The molecule has 2 fully saturated rings. The fraction of sp³-hybridized carbons (Fsp3) is 0.391. The number of fused-ring (bicyclic) bond motifs is 1. The summed E-state index contributed by atoms with van der Waals surface area (Å²) in [6, 6.07) is 19.0. The van der Waals surface area contributed by atoms with E-state index in [2.05, 4.69) is 0 Å². The zero-order chi connectivity index (χ0) is 20.2. The Bertz CT molecular complexity index is 779. The largest absolute Gasteiger partial charge is 0.389 e. The van der Waals surface area contributed by atoms with E-state index in [1.807, 2.05) is 60.7 Å². The van der Waals surface area contributed by atoms with Crippen molar-refractivity contribution in [3.63, 3.8) is 0 Å². The molecule has 0 unspecified atom stereocenters. The fourth-order valence-corrected chi connectivity index (χ4v) is 4.13. The standard InChI is InChI=1S/C23H26N2O4/c26-19(15-25-22(27)20-13-7-8-14-24(20)23(25)28)16-29-21(17-9-3-1-4-10-17)18-11-5-2-6-12-18/h1-6,9-12,19-21,26H,7-8,13-16H2/t19-,20-/m0/s1. The summed E-state index contributed by atoms with van der Waals surface area (Å²) in [6.07, 6.45) is 1.31. The average Bonchev–Trinajstić information content (AvgIpc) is 3.00. The number of rotatable bonds is 7. The van der Waals surface area contributed by atoms with Crippen molar-refractivity contribution in [3.8, 4) is 0 Å². The second-order valence-electron chi connectivity index (χ2n) is 7.62. The third-order valence-electron chi connectivity index (χ3n) is 5.58. The van der Waals surface area contributed by atoms with Gasteiger partial charge < -0.3 is 14.7 Å². The zero-order valence-corrected chi connectivity index (χ0v) is 16.3. The first-order chi connectivity index (χ1) is 14.1. The highest BCUT2D eigenvalue weighted by Crippen LogP contribution is 2.28. The summed E-state index contributed by atoms with van der Waals surface area (Å²) in [5.41, 5.74) is 1.97. The van der Waals surface area contributed by atoms with Crippen molar-refractivity contribution in [2.45, 2.75) is 37.5 Å². The highest BCUT2D eigenvalue weighted by molar-refractivity contribution is 6.04. The van der Waals surface area contributed by atoms with Crippen LogP contribution in [0.4, 0.5) is 4.79 Å². The quantitative estimate of drug-likeness (QED) is 0.733. The van der Waals surface area contributed by atoms with Crippen LogP contribution in [0.15, 0.2) is 60.7 Å².